The predicted octanol–water partition coefficient (Wildman–Crippen LogP) is 3.64. The Morgan fingerprint density at radius 2 is 2.00 bits per heavy atom. The van der Waals surface area contributed by atoms with Crippen molar-refractivity contribution in [2.24, 2.45) is 4.99 Å². The van der Waals surface area contributed by atoms with Crippen LogP contribution in [0.5, 0.6) is 0 Å². The fourth-order valence-corrected chi connectivity index (χ4v) is 1.40. The summed E-state index contributed by atoms with van der Waals surface area (Å²) < 4.78 is 0. The molecule has 2 nitrogen and oxygen atoms in total. The van der Waals surface area contributed by atoms with Crippen LogP contribution in [0.25, 0.3) is 0 Å². The lowest BCUT2D eigenvalue weighted by molar-refractivity contribution is 0.738. The van der Waals surface area contributed by atoms with Crippen molar-refractivity contribution >= 4 is 16.9 Å². The second-order valence-corrected chi connectivity index (χ2v) is 3.99. The summed E-state index contributed by atoms with van der Waals surface area (Å²) in [5.41, 5.74) is 1.15. The topological polar surface area (TPSA) is 24.4 Å². The quantitative estimate of drug-likeness (QED) is 0.351. The van der Waals surface area contributed by atoms with E-state index in [4.69, 9.17) is 0 Å². The maximum absolute atomic E-state index is 4.45. The minimum Gasteiger partial charge on any atom is -0.363 e. The molecule has 0 aromatic carbocycles. The summed E-state index contributed by atoms with van der Waals surface area (Å²) >= 11 is 1.64. The fourth-order valence-electron chi connectivity index (χ4n) is 0.853. The Morgan fingerprint density at radius 3 is 2.31 bits per heavy atom. The van der Waals surface area contributed by atoms with E-state index in [0.29, 0.717) is 12.6 Å². The molecule has 0 radical (unpaired) electrons. The summed E-state index contributed by atoms with van der Waals surface area (Å²) in [6.07, 6.45) is 5.90. The van der Waals surface area contributed by atoms with Crippen LogP contribution in [0.3, 0.4) is 0 Å². The zero-order chi connectivity index (χ0) is 13.0. The largest absolute Gasteiger partial charge is 0.363 e. The summed E-state index contributed by atoms with van der Waals surface area (Å²) in [5, 5.41) is 4.27. The number of thioether (sulfide) groups is 1. The molecular formula is C13H24N2S. The van der Waals surface area contributed by atoms with Gasteiger partial charge in [-0.1, -0.05) is 30.5 Å². The van der Waals surface area contributed by atoms with Crippen molar-refractivity contribution in [2.75, 3.05) is 12.8 Å². The lowest BCUT2D eigenvalue weighted by Gasteiger charge is -2.10. The van der Waals surface area contributed by atoms with Gasteiger partial charge >= 0.3 is 0 Å². The normalized spacial score (nSPS) is 11.8. The molecule has 0 amide bonds. The van der Waals surface area contributed by atoms with Crippen LogP contribution < -0.4 is 5.32 Å². The van der Waals surface area contributed by atoms with Crippen LogP contribution in [-0.2, 0) is 0 Å². The van der Waals surface area contributed by atoms with E-state index in [2.05, 4.69) is 43.9 Å². The van der Waals surface area contributed by atoms with Crippen LogP contribution >= 0.6 is 11.8 Å². The third-order valence-corrected chi connectivity index (χ3v) is 2.28. The minimum atomic E-state index is 0.430. The van der Waals surface area contributed by atoms with Gasteiger partial charge in [0.05, 0.1) is 6.54 Å². The van der Waals surface area contributed by atoms with Gasteiger partial charge in [0.15, 0.2) is 5.17 Å². The van der Waals surface area contributed by atoms with Gasteiger partial charge in [-0.05, 0) is 32.6 Å². The molecule has 0 unspecified atom stereocenters. The molecule has 0 saturated heterocycles. The highest BCUT2D eigenvalue weighted by Gasteiger charge is 1.98. The highest BCUT2D eigenvalue weighted by molar-refractivity contribution is 8.13. The van der Waals surface area contributed by atoms with Crippen LogP contribution in [0, 0.1) is 0 Å². The van der Waals surface area contributed by atoms with Crippen molar-refractivity contribution in [2.45, 2.75) is 26.8 Å². The third-order valence-electron chi connectivity index (χ3n) is 1.64. The number of hydrogen-bond donors (Lipinski definition) is 1. The Kier molecular flexibility index (Phi) is 13.2. The molecule has 0 atom stereocenters. The van der Waals surface area contributed by atoms with Crippen LogP contribution in [0.15, 0.2) is 42.5 Å². The molecule has 0 saturated carbocycles. The van der Waals surface area contributed by atoms with Crippen molar-refractivity contribution < 1.29 is 0 Å². The van der Waals surface area contributed by atoms with Crippen molar-refractivity contribution in [3.63, 3.8) is 0 Å². The van der Waals surface area contributed by atoms with E-state index < -0.39 is 0 Å². The van der Waals surface area contributed by atoms with Crippen molar-refractivity contribution in [3.05, 3.63) is 37.5 Å². The molecule has 0 rings (SSSR count). The average Bonchev–Trinajstić information content (AvgIpc) is 2.31. The molecule has 0 spiro atoms. The Bertz CT molecular complexity index is 242. The van der Waals surface area contributed by atoms with Gasteiger partial charge in [0.1, 0.15) is 0 Å². The van der Waals surface area contributed by atoms with Gasteiger partial charge < -0.3 is 5.32 Å². The first-order valence-electron chi connectivity index (χ1n) is 5.26. The van der Waals surface area contributed by atoms with Crippen molar-refractivity contribution in [3.8, 4) is 0 Å². The molecule has 0 heterocycles. The van der Waals surface area contributed by atoms with Gasteiger partial charge in [0.2, 0.25) is 0 Å². The molecule has 0 bridgehead atoms. The van der Waals surface area contributed by atoms with Gasteiger partial charge in [0.25, 0.3) is 0 Å². The summed E-state index contributed by atoms with van der Waals surface area (Å²) in [7, 11) is 0. The number of hydrogen-bond acceptors (Lipinski definition) is 2. The SMILES string of the molecule is C=C.C=C/C(=C\C)CN=C(NC(C)C)SC. The summed E-state index contributed by atoms with van der Waals surface area (Å²) in [5.74, 6) is 0. The first-order valence-corrected chi connectivity index (χ1v) is 6.49. The first-order chi connectivity index (χ1) is 7.63. The fraction of sp³-hybridized carbons (Fsp3) is 0.462. The lowest BCUT2D eigenvalue weighted by Crippen LogP contribution is -2.28. The molecule has 0 aliphatic heterocycles. The zero-order valence-electron chi connectivity index (χ0n) is 10.9. The number of nitrogens with one attached hydrogen (secondary N) is 1. The second-order valence-electron chi connectivity index (χ2n) is 3.19. The van der Waals surface area contributed by atoms with Crippen LogP contribution in [0.4, 0.5) is 0 Å². The average molecular weight is 240 g/mol. The first kappa shape index (κ1) is 17.4. The molecule has 92 valence electrons. The summed E-state index contributed by atoms with van der Waals surface area (Å²) in [6.45, 7) is 16.7. The minimum absolute atomic E-state index is 0.430. The molecule has 0 fully saturated rings. The molecular weight excluding hydrogens is 216 g/mol. The van der Waals surface area contributed by atoms with Gasteiger partial charge in [0, 0.05) is 6.04 Å². The molecule has 0 aromatic heterocycles. The number of aliphatic imine (C=N–C) groups is 1. The van der Waals surface area contributed by atoms with Crippen molar-refractivity contribution in [1.29, 1.82) is 0 Å². The highest BCUT2D eigenvalue weighted by atomic mass is 32.2. The van der Waals surface area contributed by atoms with E-state index in [9.17, 15) is 0 Å². The molecule has 3 heteroatoms. The van der Waals surface area contributed by atoms with E-state index in [1.165, 1.54) is 0 Å². The van der Waals surface area contributed by atoms with E-state index in [0.717, 1.165) is 10.7 Å². The predicted molar refractivity (Wildman–Crippen MR) is 79.3 cm³/mol. The van der Waals surface area contributed by atoms with Crippen molar-refractivity contribution in [1.82, 2.24) is 5.32 Å². The molecule has 0 aliphatic rings. The van der Waals surface area contributed by atoms with Crippen LogP contribution in [-0.4, -0.2) is 24.0 Å². The second kappa shape index (κ2) is 12.1. The highest BCUT2D eigenvalue weighted by Crippen LogP contribution is 2.01. The number of amidine groups is 1. The maximum Gasteiger partial charge on any atom is 0.156 e. The number of rotatable bonds is 4. The zero-order valence-corrected chi connectivity index (χ0v) is 11.7. The van der Waals surface area contributed by atoms with Gasteiger partial charge in [-0.2, -0.15) is 0 Å². The van der Waals surface area contributed by atoms with E-state index in [1.807, 2.05) is 25.3 Å². The molecule has 1 N–H and O–H groups in total. The molecule has 16 heavy (non-hydrogen) atoms. The van der Waals surface area contributed by atoms with Gasteiger partial charge in [-0.15, -0.1) is 13.2 Å². The Morgan fingerprint density at radius 1 is 1.44 bits per heavy atom. The van der Waals surface area contributed by atoms with E-state index in [1.54, 1.807) is 11.8 Å². The third kappa shape index (κ3) is 9.59. The van der Waals surface area contributed by atoms with Crippen LogP contribution in [0.1, 0.15) is 20.8 Å². The lowest BCUT2D eigenvalue weighted by atomic mass is 10.2. The molecule has 0 aliphatic carbocycles. The van der Waals surface area contributed by atoms with E-state index >= 15 is 0 Å². The number of nitrogens with zero attached hydrogens (tertiary/aromatic N) is 1. The summed E-state index contributed by atoms with van der Waals surface area (Å²) in [4.78, 5) is 4.45. The van der Waals surface area contributed by atoms with Gasteiger partial charge in [-0.3, -0.25) is 4.99 Å². The summed E-state index contributed by atoms with van der Waals surface area (Å²) in [6, 6.07) is 0.430. The molecule has 0 aromatic rings. The standard InChI is InChI=1S/C11H20N2S.C2H4/c1-6-10(7-2)8-12-11(14-5)13-9(3)4;1-2/h6-7,9H,1,8H2,2-5H3,(H,12,13);1-2H2/b10-7+;. The smallest absolute Gasteiger partial charge is 0.156 e. The Labute approximate surface area is 105 Å². The monoisotopic (exact) mass is 240 g/mol. The Balaban J connectivity index is 0. The maximum atomic E-state index is 4.45. The van der Waals surface area contributed by atoms with E-state index in [-0.39, 0.29) is 0 Å². The Hall–Kier alpha value is -0.960. The van der Waals surface area contributed by atoms with Gasteiger partial charge in [-0.25, -0.2) is 0 Å². The van der Waals surface area contributed by atoms with Crippen LogP contribution in [0.2, 0.25) is 0 Å². The number of allylic oxidation sites excluding steroid dienone is 1.